The molecular weight excluding hydrogens is 474 g/mol. The summed E-state index contributed by atoms with van der Waals surface area (Å²) < 4.78 is 22.2. The maximum atomic E-state index is 12.8. The minimum Gasteiger partial charge on any atom is -0.490 e. The maximum absolute atomic E-state index is 12.8. The van der Waals surface area contributed by atoms with Gasteiger partial charge in [-0.15, -0.1) is 0 Å². The number of rotatable bonds is 9. The highest BCUT2D eigenvalue weighted by Gasteiger charge is 2.36. The van der Waals surface area contributed by atoms with Gasteiger partial charge in [0.1, 0.15) is 17.4 Å². The molecule has 0 aliphatic carbocycles. The predicted octanol–water partition coefficient (Wildman–Crippen LogP) is 4.36. The summed E-state index contributed by atoms with van der Waals surface area (Å²) in [5.74, 6) is -0.901. The van der Waals surface area contributed by atoms with Crippen LogP contribution in [0.25, 0.3) is 0 Å². The van der Waals surface area contributed by atoms with Gasteiger partial charge >= 0.3 is 5.97 Å². The van der Waals surface area contributed by atoms with Crippen molar-refractivity contribution in [3.63, 3.8) is 0 Å². The molecule has 194 valence electrons. The monoisotopic (exact) mass is 505 g/mol. The van der Waals surface area contributed by atoms with E-state index in [1.807, 2.05) is 45.0 Å². The Kier molecular flexibility index (Phi) is 8.80. The van der Waals surface area contributed by atoms with E-state index < -0.39 is 11.9 Å². The van der Waals surface area contributed by atoms with Crippen molar-refractivity contribution in [3.8, 4) is 17.6 Å². The van der Waals surface area contributed by atoms with Gasteiger partial charge in [-0.1, -0.05) is 12.1 Å². The third kappa shape index (κ3) is 6.41. The number of nitrogens with two attached hydrogens (primary N) is 1. The van der Waals surface area contributed by atoms with Gasteiger partial charge in [0.15, 0.2) is 18.1 Å². The summed E-state index contributed by atoms with van der Waals surface area (Å²) in [5.41, 5.74) is 9.56. The third-order valence-electron chi connectivity index (χ3n) is 5.57. The summed E-state index contributed by atoms with van der Waals surface area (Å²) in [6.07, 6.45) is 0. The Morgan fingerprint density at radius 3 is 2.35 bits per heavy atom. The van der Waals surface area contributed by atoms with Crippen molar-refractivity contribution in [2.75, 3.05) is 25.1 Å². The average molecular weight is 506 g/mol. The van der Waals surface area contributed by atoms with Crippen LogP contribution in [0.1, 0.15) is 43.4 Å². The number of nitriles is 1. The fourth-order valence-corrected chi connectivity index (χ4v) is 4.17. The Hall–Kier alpha value is -4.45. The highest BCUT2D eigenvalue weighted by Crippen LogP contribution is 2.42. The first kappa shape index (κ1) is 27.1. The number of anilines is 1. The molecule has 2 aromatic carbocycles. The van der Waals surface area contributed by atoms with Crippen LogP contribution in [0.4, 0.5) is 5.69 Å². The molecule has 1 unspecified atom stereocenters. The lowest BCUT2D eigenvalue weighted by atomic mass is 9.83. The highest BCUT2D eigenvalue weighted by atomic mass is 16.5. The van der Waals surface area contributed by atoms with E-state index in [2.05, 4.69) is 5.32 Å². The Morgan fingerprint density at radius 1 is 1.03 bits per heavy atom. The van der Waals surface area contributed by atoms with E-state index in [4.69, 9.17) is 24.7 Å². The minimum atomic E-state index is -0.820. The van der Waals surface area contributed by atoms with Crippen molar-refractivity contribution in [1.29, 1.82) is 5.26 Å². The van der Waals surface area contributed by atoms with Gasteiger partial charge in [0.05, 0.1) is 24.7 Å². The Morgan fingerprint density at radius 2 is 1.73 bits per heavy atom. The lowest BCUT2D eigenvalue weighted by Crippen LogP contribution is -2.25. The van der Waals surface area contributed by atoms with Crippen molar-refractivity contribution in [2.24, 2.45) is 5.73 Å². The van der Waals surface area contributed by atoms with Gasteiger partial charge < -0.3 is 30.0 Å². The van der Waals surface area contributed by atoms with Gasteiger partial charge in [-0.3, -0.25) is 4.79 Å². The normalized spacial score (nSPS) is 15.0. The summed E-state index contributed by atoms with van der Waals surface area (Å²) in [5, 5.41) is 12.6. The smallest absolute Gasteiger partial charge is 0.338 e. The summed E-state index contributed by atoms with van der Waals surface area (Å²) >= 11 is 0. The summed E-state index contributed by atoms with van der Waals surface area (Å²) in [4.78, 5) is 25.3. The second-order valence-electron chi connectivity index (χ2n) is 8.47. The number of hydrogen-bond donors (Lipinski definition) is 2. The zero-order valence-electron chi connectivity index (χ0n) is 21.6. The molecule has 0 fully saturated rings. The van der Waals surface area contributed by atoms with Crippen LogP contribution in [0.5, 0.6) is 11.5 Å². The molecule has 3 rings (SSSR count). The van der Waals surface area contributed by atoms with Gasteiger partial charge in [-0.2, -0.15) is 5.26 Å². The molecule has 37 heavy (non-hydrogen) atoms. The molecule has 0 spiro atoms. The predicted molar refractivity (Wildman–Crippen MR) is 138 cm³/mol. The number of benzene rings is 2. The number of carbonyl (C=O) groups is 2. The largest absolute Gasteiger partial charge is 0.490 e. The number of nitrogens with one attached hydrogen (secondary N) is 1. The zero-order valence-corrected chi connectivity index (χ0v) is 21.6. The van der Waals surface area contributed by atoms with Crippen LogP contribution in [0.3, 0.4) is 0 Å². The molecule has 9 heteroatoms. The van der Waals surface area contributed by atoms with E-state index in [1.54, 1.807) is 32.0 Å². The molecule has 1 amide bonds. The molecule has 1 heterocycles. The van der Waals surface area contributed by atoms with Gasteiger partial charge in [-0.25, -0.2) is 4.79 Å². The Labute approximate surface area is 216 Å². The molecule has 1 aliphatic heterocycles. The Balaban J connectivity index is 1.89. The van der Waals surface area contributed by atoms with Gasteiger partial charge in [0.2, 0.25) is 5.88 Å². The highest BCUT2D eigenvalue weighted by molar-refractivity contribution is 5.93. The quantitative estimate of drug-likeness (QED) is 0.480. The van der Waals surface area contributed by atoms with Crippen molar-refractivity contribution < 1.29 is 28.5 Å². The van der Waals surface area contributed by atoms with E-state index in [1.165, 1.54) is 0 Å². The molecule has 3 N–H and O–H groups in total. The molecule has 2 aromatic rings. The van der Waals surface area contributed by atoms with Crippen LogP contribution in [-0.4, -0.2) is 31.7 Å². The van der Waals surface area contributed by atoms with Crippen molar-refractivity contribution in [1.82, 2.24) is 0 Å². The fourth-order valence-electron chi connectivity index (χ4n) is 4.17. The topological polar surface area (TPSA) is 133 Å². The number of ether oxygens (including phenoxy) is 4. The molecule has 1 atom stereocenters. The third-order valence-corrected chi connectivity index (χ3v) is 5.57. The first-order valence-electron chi connectivity index (χ1n) is 11.9. The van der Waals surface area contributed by atoms with Gasteiger partial charge in [-0.05, 0) is 75.6 Å². The number of aryl methyl sites for hydroxylation is 2. The molecule has 0 aromatic heterocycles. The molecule has 0 bridgehead atoms. The van der Waals surface area contributed by atoms with Crippen LogP contribution < -0.4 is 20.5 Å². The van der Waals surface area contributed by atoms with E-state index >= 15 is 0 Å². The molecule has 9 nitrogen and oxygen atoms in total. The number of esters is 1. The number of carbonyl (C=O) groups excluding carboxylic acids is 2. The number of nitrogens with zero attached hydrogens (tertiary/aromatic N) is 1. The number of hydrogen-bond acceptors (Lipinski definition) is 8. The summed E-state index contributed by atoms with van der Waals surface area (Å²) in [6, 6.07) is 12.8. The van der Waals surface area contributed by atoms with Crippen LogP contribution in [-0.2, 0) is 19.1 Å². The van der Waals surface area contributed by atoms with Gasteiger partial charge in [0, 0.05) is 5.69 Å². The van der Waals surface area contributed by atoms with Crippen LogP contribution in [0.2, 0.25) is 0 Å². The second-order valence-corrected chi connectivity index (χ2v) is 8.47. The van der Waals surface area contributed by atoms with Crippen molar-refractivity contribution >= 4 is 17.6 Å². The van der Waals surface area contributed by atoms with E-state index in [0.717, 1.165) is 11.1 Å². The van der Waals surface area contributed by atoms with Crippen molar-refractivity contribution in [2.45, 2.75) is 40.5 Å². The molecular formula is C28H31N3O6. The SMILES string of the molecule is CCOC(=O)C1=C(C)OC(N)=C(C#N)C1c1ccc(OCC(=O)Nc2cc(C)cc(C)c2)c(OCC)c1. The van der Waals surface area contributed by atoms with Crippen LogP contribution in [0.15, 0.2) is 59.2 Å². The first-order chi connectivity index (χ1) is 17.7. The van der Waals surface area contributed by atoms with E-state index in [0.29, 0.717) is 29.4 Å². The molecule has 0 radical (unpaired) electrons. The lowest BCUT2D eigenvalue weighted by Gasteiger charge is -2.27. The average Bonchev–Trinajstić information content (AvgIpc) is 2.82. The summed E-state index contributed by atoms with van der Waals surface area (Å²) in [7, 11) is 0. The Bertz CT molecular complexity index is 1290. The molecule has 0 saturated carbocycles. The zero-order chi connectivity index (χ0) is 27.1. The molecule has 1 aliphatic rings. The first-order valence-corrected chi connectivity index (χ1v) is 11.9. The van der Waals surface area contributed by atoms with Crippen LogP contribution >= 0.6 is 0 Å². The molecule has 0 saturated heterocycles. The van der Waals surface area contributed by atoms with E-state index in [9.17, 15) is 14.9 Å². The van der Waals surface area contributed by atoms with Gasteiger partial charge in [0.25, 0.3) is 5.91 Å². The summed E-state index contributed by atoms with van der Waals surface area (Å²) in [6.45, 7) is 9.25. The maximum Gasteiger partial charge on any atom is 0.338 e. The number of allylic oxidation sites excluding steroid dienone is 2. The second kappa shape index (κ2) is 12.0. The van der Waals surface area contributed by atoms with Crippen molar-refractivity contribution in [3.05, 3.63) is 75.9 Å². The fraction of sp³-hybridized carbons (Fsp3) is 0.321. The minimum absolute atomic E-state index is 0.0811. The number of amides is 1. The van der Waals surface area contributed by atoms with E-state index in [-0.39, 0.29) is 41.9 Å². The van der Waals surface area contributed by atoms with Crippen LogP contribution in [0, 0.1) is 25.2 Å². The lowest BCUT2D eigenvalue weighted by molar-refractivity contribution is -0.139. The standard InChI is InChI=1S/C28H31N3O6/c1-6-34-23-13-19(26-21(14-29)27(30)37-18(5)25(26)28(33)35-7-2)8-9-22(23)36-15-24(32)31-20-11-16(3)10-17(4)12-20/h8-13,26H,6-7,15,30H2,1-5H3,(H,31,32).